The smallest absolute Gasteiger partial charge is 0.416 e. The van der Waals surface area contributed by atoms with Crippen molar-refractivity contribution in [1.29, 1.82) is 0 Å². The lowest BCUT2D eigenvalue weighted by molar-refractivity contribution is -0.143. The lowest BCUT2D eigenvalue weighted by atomic mass is 9.84. The number of aromatic nitrogens is 4. The summed E-state index contributed by atoms with van der Waals surface area (Å²) in [5.74, 6) is -0.670. The second kappa shape index (κ2) is 13.8. The molecule has 18 heteroatoms. The molecule has 1 aliphatic rings. The zero-order valence-corrected chi connectivity index (χ0v) is 26.2. The maximum absolute atomic E-state index is 14.0. The van der Waals surface area contributed by atoms with Crippen LogP contribution >= 0.6 is 0 Å². The van der Waals surface area contributed by atoms with Crippen molar-refractivity contribution in [2.45, 2.75) is 90.3 Å². The van der Waals surface area contributed by atoms with Crippen molar-refractivity contribution in [3.63, 3.8) is 0 Å². The average Bonchev–Trinajstić information content (AvgIpc) is 3.44. The predicted molar refractivity (Wildman–Crippen MR) is 154 cm³/mol. The first kappa shape index (κ1) is 36.7. The van der Waals surface area contributed by atoms with Crippen LogP contribution in [0.25, 0.3) is 0 Å². The average molecular weight is 697 g/mol. The molecule has 0 saturated heterocycles. The molecule has 0 saturated carbocycles. The number of halogens is 9. The summed E-state index contributed by atoms with van der Waals surface area (Å²) < 4.78 is 130. The number of benzene rings is 2. The Morgan fingerprint density at radius 3 is 2.06 bits per heavy atom. The quantitative estimate of drug-likeness (QED) is 0.230. The molecule has 9 nitrogen and oxygen atoms in total. The van der Waals surface area contributed by atoms with Gasteiger partial charge >= 0.3 is 24.6 Å². The molecule has 48 heavy (non-hydrogen) atoms. The maximum atomic E-state index is 14.0. The van der Waals surface area contributed by atoms with Gasteiger partial charge in [0.15, 0.2) is 0 Å². The normalized spacial score (nSPS) is 17.2. The van der Waals surface area contributed by atoms with Crippen molar-refractivity contribution in [3.05, 3.63) is 64.2 Å². The van der Waals surface area contributed by atoms with Crippen LogP contribution in [-0.2, 0) is 36.4 Å². The highest BCUT2D eigenvalue weighted by atomic mass is 19.4. The minimum atomic E-state index is -5.16. The van der Waals surface area contributed by atoms with E-state index in [4.69, 9.17) is 4.74 Å². The number of anilines is 2. The van der Waals surface area contributed by atoms with Crippen LogP contribution in [0.1, 0.15) is 74.4 Å². The van der Waals surface area contributed by atoms with E-state index in [1.807, 2.05) is 0 Å². The van der Waals surface area contributed by atoms with Crippen LogP contribution in [0.4, 0.5) is 55.9 Å². The third-order valence-electron chi connectivity index (χ3n) is 7.66. The van der Waals surface area contributed by atoms with Crippen molar-refractivity contribution in [1.82, 2.24) is 20.2 Å². The number of amides is 1. The Hall–Kier alpha value is -4.09. The number of hydrogen-bond acceptors (Lipinski definition) is 7. The van der Waals surface area contributed by atoms with Crippen LogP contribution in [0.15, 0.2) is 36.4 Å². The standard InChI is InChI=1S/C30H33F9N6O3/c1-16(2)24-14-25(22-13-19(28(31,32)33)6-7-23(22)45(24)27(47)48-17(3)4)43(26-40-42-44(41-26)8-5-9-46)15-18-10-20(29(34,35)36)12-21(11-18)30(37,38)39/h6-7,10-13,16-17,24-25,46H,5,8-9,14-15H2,1-4H3/t24-,25-/m1/s1. The van der Waals surface area contributed by atoms with Gasteiger partial charge in [0.25, 0.3) is 5.95 Å². The van der Waals surface area contributed by atoms with Gasteiger partial charge < -0.3 is 14.7 Å². The van der Waals surface area contributed by atoms with E-state index in [2.05, 4.69) is 15.4 Å². The fourth-order valence-corrected chi connectivity index (χ4v) is 5.50. The topological polar surface area (TPSA) is 96.6 Å². The summed E-state index contributed by atoms with van der Waals surface area (Å²) in [5.41, 5.74) is -4.88. The number of aliphatic hydroxyl groups is 1. The minimum Gasteiger partial charge on any atom is -0.446 e. The second-order valence-electron chi connectivity index (χ2n) is 11.9. The van der Waals surface area contributed by atoms with E-state index in [1.54, 1.807) is 27.7 Å². The van der Waals surface area contributed by atoms with Crippen LogP contribution in [0, 0.1) is 5.92 Å². The van der Waals surface area contributed by atoms with Gasteiger partial charge in [-0.05, 0) is 85.3 Å². The summed E-state index contributed by atoms with van der Waals surface area (Å²) in [6.07, 6.45) is -16.6. The molecule has 2 aromatic carbocycles. The number of nitrogens with zero attached hydrogens (tertiary/aromatic N) is 6. The van der Waals surface area contributed by atoms with Gasteiger partial charge in [0.1, 0.15) is 0 Å². The van der Waals surface area contributed by atoms with Gasteiger partial charge in [-0.1, -0.05) is 18.9 Å². The molecule has 2 atom stereocenters. The first-order valence-electron chi connectivity index (χ1n) is 14.8. The Bertz CT molecular complexity index is 1550. The van der Waals surface area contributed by atoms with E-state index in [0.29, 0.717) is 12.1 Å². The second-order valence-corrected chi connectivity index (χ2v) is 11.9. The molecule has 1 amide bonds. The Kier molecular flexibility index (Phi) is 10.6. The van der Waals surface area contributed by atoms with E-state index in [9.17, 15) is 49.4 Å². The molecule has 3 aromatic rings. The highest BCUT2D eigenvalue weighted by molar-refractivity contribution is 5.90. The number of alkyl halides is 9. The highest BCUT2D eigenvalue weighted by Crippen LogP contribution is 2.47. The Morgan fingerprint density at radius 1 is 0.938 bits per heavy atom. The first-order chi connectivity index (χ1) is 22.2. The molecule has 0 aliphatic carbocycles. The van der Waals surface area contributed by atoms with Gasteiger partial charge in [-0.3, -0.25) is 4.90 Å². The molecule has 2 heterocycles. The Morgan fingerprint density at radius 2 is 1.54 bits per heavy atom. The number of ether oxygens (including phenoxy) is 1. The molecule has 1 aromatic heterocycles. The lowest BCUT2D eigenvalue weighted by Gasteiger charge is -2.45. The van der Waals surface area contributed by atoms with Crippen LogP contribution < -0.4 is 9.80 Å². The van der Waals surface area contributed by atoms with Crippen molar-refractivity contribution >= 4 is 17.7 Å². The van der Waals surface area contributed by atoms with Gasteiger partial charge in [-0.2, -0.15) is 44.3 Å². The molecule has 0 unspecified atom stereocenters. The molecular formula is C30H33F9N6O3. The van der Waals surface area contributed by atoms with Gasteiger partial charge in [0.2, 0.25) is 0 Å². The van der Waals surface area contributed by atoms with Gasteiger partial charge in [-0.25, -0.2) is 4.79 Å². The van der Waals surface area contributed by atoms with E-state index < -0.39 is 71.6 Å². The van der Waals surface area contributed by atoms with E-state index >= 15 is 0 Å². The highest BCUT2D eigenvalue weighted by Gasteiger charge is 2.44. The van der Waals surface area contributed by atoms with E-state index in [0.717, 1.165) is 23.0 Å². The monoisotopic (exact) mass is 696 g/mol. The van der Waals surface area contributed by atoms with Gasteiger partial charge in [0, 0.05) is 19.2 Å². The van der Waals surface area contributed by atoms with Gasteiger partial charge in [0.05, 0.1) is 41.1 Å². The Labute approximate surface area is 269 Å². The summed E-state index contributed by atoms with van der Waals surface area (Å²) >= 11 is 0. The Balaban J connectivity index is 1.97. The number of rotatable bonds is 9. The molecule has 1 aliphatic heterocycles. The van der Waals surface area contributed by atoms with E-state index in [-0.39, 0.29) is 55.2 Å². The van der Waals surface area contributed by atoms with E-state index in [1.165, 1.54) is 9.80 Å². The van der Waals surface area contributed by atoms with Crippen LogP contribution in [0.2, 0.25) is 0 Å². The first-order valence-corrected chi connectivity index (χ1v) is 14.8. The summed E-state index contributed by atoms with van der Waals surface area (Å²) in [5, 5.41) is 21.2. The molecule has 0 fully saturated rings. The van der Waals surface area contributed by atoms with Crippen molar-refractivity contribution < 1.29 is 54.2 Å². The van der Waals surface area contributed by atoms with Gasteiger partial charge in [-0.15, -0.1) is 5.10 Å². The maximum Gasteiger partial charge on any atom is 0.416 e. The number of fused-ring (bicyclic) bond motifs is 1. The molecule has 4 rings (SSSR count). The van der Waals surface area contributed by atoms with Crippen LogP contribution in [0.5, 0.6) is 0 Å². The largest absolute Gasteiger partial charge is 0.446 e. The zero-order valence-electron chi connectivity index (χ0n) is 26.2. The minimum absolute atomic E-state index is 0.00120. The molecule has 0 radical (unpaired) electrons. The lowest BCUT2D eigenvalue weighted by Crippen LogP contribution is -2.50. The molecule has 264 valence electrons. The summed E-state index contributed by atoms with van der Waals surface area (Å²) in [6, 6.07) is 1.66. The number of hydrogen-bond donors (Lipinski definition) is 1. The summed E-state index contributed by atoms with van der Waals surface area (Å²) in [6.45, 7) is 5.69. The van der Waals surface area contributed by atoms with Crippen molar-refractivity contribution in [2.75, 3.05) is 16.4 Å². The molecular weight excluding hydrogens is 663 g/mol. The van der Waals surface area contributed by atoms with Crippen molar-refractivity contribution in [3.8, 4) is 0 Å². The number of aliphatic hydroxyl groups excluding tert-OH is 1. The number of tetrazole rings is 1. The summed E-state index contributed by atoms with van der Waals surface area (Å²) in [7, 11) is 0. The SMILES string of the molecule is CC(C)OC(=O)N1c2ccc(C(F)(F)F)cc2[C@H](N(Cc2cc(C(F)(F)F)cc(C(F)(F)F)c2)c2nnn(CCCO)n2)C[C@@H]1C(C)C. The van der Waals surface area contributed by atoms with Crippen molar-refractivity contribution in [2.24, 2.45) is 5.92 Å². The van der Waals surface area contributed by atoms with Crippen LogP contribution in [0.3, 0.4) is 0 Å². The third kappa shape index (κ3) is 8.30. The third-order valence-corrected chi connectivity index (χ3v) is 7.66. The number of carbonyl (C=O) groups is 1. The number of carbonyl (C=O) groups excluding carboxylic acids is 1. The predicted octanol–water partition coefficient (Wildman–Crippen LogP) is 7.64. The zero-order chi connectivity index (χ0) is 35.8. The summed E-state index contributed by atoms with van der Waals surface area (Å²) in [4.78, 5) is 16.8. The molecule has 0 spiro atoms. The molecule has 1 N–H and O–H groups in total. The fourth-order valence-electron chi connectivity index (χ4n) is 5.50. The molecule has 0 bridgehead atoms. The number of aryl methyl sites for hydroxylation is 1. The fraction of sp³-hybridized carbons (Fsp3) is 0.533. The van der Waals surface area contributed by atoms with Crippen LogP contribution in [-0.4, -0.2) is 50.2 Å².